The first-order valence-electron chi connectivity index (χ1n) is 4.65. The van der Waals surface area contributed by atoms with Crippen molar-refractivity contribution in [3.63, 3.8) is 0 Å². The van der Waals surface area contributed by atoms with Gasteiger partial charge < -0.3 is 5.32 Å². The van der Waals surface area contributed by atoms with Crippen LogP contribution in [-0.2, 0) is 32.7 Å². The molecule has 2 heteroatoms. The molecule has 12 heavy (non-hydrogen) atoms. The van der Waals surface area contributed by atoms with Crippen LogP contribution in [-0.4, -0.2) is 13.1 Å². The van der Waals surface area contributed by atoms with E-state index in [9.17, 15) is 0 Å². The molecule has 2 fully saturated rings. The predicted molar refractivity (Wildman–Crippen MR) is 47.7 cm³/mol. The van der Waals surface area contributed by atoms with Gasteiger partial charge in [-0.25, -0.2) is 0 Å². The molecule has 2 aliphatic rings. The minimum Gasteiger partial charge on any atom is -0.661 e. The zero-order valence-electron chi connectivity index (χ0n) is 8.43. The summed E-state index contributed by atoms with van der Waals surface area (Å²) in [5, 5.41) is 4.31. The zero-order valence-corrected chi connectivity index (χ0v) is 11.3. The molecule has 1 nitrogen and oxygen atoms in total. The van der Waals surface area contributed by atoms with Crippen LogP contribution in [0.5, 0.6) is 0 Å². The maximum atomic E-state index is 4.31. The topological polar surface area (TPSA) is 14.1 Å². The van der Waals surface area contributed by atoms with Gasteiger partial charge in [-0.1, -0.05) is 26.2 Å². The smallest absolute Gasteiger partial charge is 0 e. The van der Waals surface area contributed by atoms with E-state index in [1.807, 2.05) is 0 Å². The summed E-state index contributed by atoms with van der Waals surface area (Å²) in [5.74, 6) is 0.970. The Kier molecular flexibility index (Phi) is 3.09. The van der Waals surface area contributed by atoms with Crippen molar-refractivity contribution in [2.24, 2.45) is 16.7 Å². The van der Waals surface area contributed by atoms with Crippen molar-refractivity contribution in [2.45, 2.75) is 33.6 Å². The summed E-state index contributed by atoms with van der Waals surface area (Å²) in [7, 11) is 0. The van der Waals surface area contributed by atoms with Crippen LogP contribution in [0.3, 0.4) is 0 Å². The number of hydrogen-bond donors (Lipinski definition) is 0. The van der Waals surface area contributed by atoms with Gasteiger partial charge in [0.05, 0.1) is 0 Å². The van der Waals surface area contributed by atoms with E-state index in [4.69, 9.17) is 0 Å². The molecule has 0 unspecified atom stereocenters. The predicted octanol–water partition coefficient (Wildman–Crippen LogP) is 2.81. The standard InChI is InChI=1S/C10H18N.Y/c1-9(2,3)8-4-10(5-8)6-11-7-10;/h8H,4-7H2,1-3H3;/q-1;. The van der Waals surface area contributed by atoms with Crippen LogP contribution < -0.4 is 0 Å². The van der Waals surface area contributed by atoms with Gasteiger partial charge in [0.1, 0.15) is 0 Å². The summed E-state index contributed by atoms with van der Waals surface area (Å²) < 4.78 is 0. The van der Waals surface area contributed by atoms with Crippen molar-refractivity contribution in [2.75, 3.05) is 13.1 Å². The van der Waals surface area contributed by atoms with Crippen LogP contribution in [0.25, 0.3) is 5.32 Å². The van der Waals surface area contributed by atoms with Crippen molar-refractivity contribution >= 4 is 0 Å². The molecule has 1 spiro atoms. The van der Waals surface area contributed by atoms with Crippen LogP contribution in [0, 0.1) is 16.7 Å². The molecule has 1 saturated carbocycles. The van der Waals surface area contributed by atoms with Crippen molar-refractivity contribution in [3.8, 4) is 0 Å². The first-order chi connectivity index (χ1) is 5.02. The second kappa shape index (κ2) is 3.33. The van der Waals surface area contributed by atoms with E-state index < -0.39 is 0 Å². The Bertz CT molecular complexity index is 159. The molecule has 0 aromatic carbocycles. The average Bonchev–Trinajstić information content (AvgIpc) is 1.49. The van der Waals surface area contributed by atoms with Crippen molar-refractivity contribution in [1.29, 1.82) is 0 Å². The van der Waals surface area contributed by atoms with Crippen molar-refractivity contribution in [3.05, 3.63) is 5.32 Å². The van der Waals surface area contributed by atoms with Gasteiger partial charge in [-0.3, -0.25) is 0 Å². The van der Waals surface area contributed by atoms with Gasteiger partial charge in [-0.2, -0.15) is 0 Å². The molecule has 1 aliphatic heterocycles. The molecule has 0 aromatic rings. The number of hydrogen-bond acceptors (Lipinski definition) is 0. The normalized spacial score (nSPS) is 27.2. The van der Waals surface area contributed by atoms with Gasteiger partial charge in [-0.05, 0) is 24.2 Å². The second-order valence-electron chi connectivity index (χ2n) is 5.51. The maximum absolute atomic E-state index is 4.31. The van der Waals surface area contributed by atoms with Crippen LogP contribution in [0.2, 0.25) is 0 Å². The fourth-order valence-electron chi connectivity index (χ4n) is 2.28. The number of nitrogens with zero attached hydrogens (tertiary/aromatic N) is 1. The third-order valence-corrected chi connectivity index (χ3v) is 3.48. The Balaban J connectivity index is 0.000000720. The van der Waals surface area contributed by atoms with E-state index in [0.29, 0.717) is 10.8 Å². The van der Waals surface area contributed by atoms with E-state index in [2.05, 4.69) is 26.1 Å². The molecule has 2 rings (SSSR count). The van der Waals surface area contributed by atoms with Crippen LogP contribution in [0.4, 0.5) is 0 Å². The maximum Gasteiger partial charge on any atom is 0 e. The molecule has 1 radical (unpaired) electrons. The fraction of sp³-hybridized carbons (Fsp3) is 1.00. The van der Waals surface area contributed by atoms with Gasteiger partial charge in [-0.15, -0.1) is 13.1 Å². The first-order valence-corrected chi connectivity index (χ1v) is 4.65. The van der Waals surface area contributed by atoms with Crippen LogP contribution in [0.1, 0.15) is 33.6 Å². The molecule has 1 aliphatic carbocycles. The molecular weight excluding hydrogens is 223 g/mol. The van der Waals surface area contributed by atoms with Gasteiger partial charge in [0.2, 0.25) is 0 Å². The SMILES string of the molecule is CC(C)(C)C1CC2(C[N-]C2)C1.[Y]. The molecule has 1 saturated heterocycles. The van der Waals surface area contributed by atoms with Crippen LogP contribution >= 0.6 is 0 Å². The quantitative estimate of drug-likeness (QED) is 0.619. The summed E-state index contributed by atoms with van der Waals surface area (Å²) in [6.07, 6.45) is 2.89. The largest absolute Gasteiger partial charge is 0.661 e. The zero-order chi connectivity index (χ0) is 8.11. The van der Waals surface area contributed by atoms with Gasteiger partial charge in [0, 0.05) is 32.7 Å². The average molecular weight is 241 g/mol. The molecule has 0 bridgehead atoms. The van der Waals surface area contributed by atoms with E-state index in [1.165, 1.54) is 25.9 Å². The third kappa shape index (κ3) is 1.78. The molecular formula is C10H18NY-. The summed E-state index contributed by atoms with van der Waals surface area (Å²) in [6.45, 7) is 9.42. The van der Waals surface area contributed by atoms with Crippen LogP contribution in [0.15, 0.2) is 0 Å². The second-order valence-corrected chi connectivity index (χ2v) is 5.51. The van der Waals surface area contributed by atoms with E-state index in [1.54, 1.807) is 0 Å². The molecule has 0 amide bonds. The van der Waals surface area contributed by atoms with Gasteiger partial charge in [0.25, 0.3) is 0 Å². The number of rotatable bonds is 0. The Morgan fingerprint density at radius 3 is 1.92 bits per heavy atom. The van der Waals surface area contributed by atoms with Gasteiger partial charge in [0.15, 0.2) is 0 Å². The fourth-order valence-corrected chi connectivity index (χ4v) is 2.28. The molecule has 0 N–H and O–H groups in total. The summed E-state index contributed by atoms with van der Waals surface area (Å²) >= 11 is 0. The Labute approximate surface area is 101 Å². The van der Waals surface area contributed by atoms with Crippen molar-refractivity contribution < 1.29 is 32.7 Å². The summed E-state index contributed by atoms with van der Waals surface area (Å²) in [6, 6.07) is 0. The van der Waals surface area contributed by atoms with E-state index >= 15 is 0 Å². The Hall–Kier alpha value is 1.06. The third-order valence-electron chi connectivity index (χ3n) is 3.48. The van der Waals surface area contributed by atoms with Gasteiger partial charge >= 0.3 is 0 Å². The molecule has 1 heterocycles. The minimum absolute atomic E-state index is 0. The first kappa shape index (κ1) is 11.1. The molecule has 0 atom stereocenters. The Morgan fingerprint density at radius 2 is 1.67 bits per heavy atom. The summed E-state index contributed by atoms with van der Waals surface area (Å²) in [5.41, 5.74) is 1.25. The Morgan fingerprint density at radius 1 is 1.17 bits per heavy atom. The molecule has 0 aromatic heterocycles. The van der Waals surface area contributed by atoms with E-state index in [0.717, 1.165) is 5.92 Å². The monoisotopic (exact) mass is 241 g/mol. The van der Waals surface area contributed by atoms with E-state index in [-0.39, 0.29) is 32.7 Å². The summed E-state index contributed by atoms with van der Waals surface area (Å²) in [4.78, 5) is 0. The molecule has 67 valence electrons. The minimum atomic E-state index is 0. The van der Waals surface area contributed by atoms with Crippen molar-refractivity contribution in [1.82, 2.24) is 0 Å².